The van der Waals surface area contributed by atoms with E-state index < -0.39 is 47.8 Å². The molecule has 2 aromatic rings. The Morgan fingerprint density at radius 2 is 1.73 bits per heavy atom. The fourth-order valence-electron chi connectivity index (χ4n) is 4.76. The van der Waals surface area contributed by atoms with Gasteiger partial charge in [-0.05, 0) is 74.2 Å². The number of phenols is 1. The summed E-state index contributed by atoms with van der Waals surface area (Å²) in [6.45, 7) is 4.44. The lowest BCUT2D eigenvalue weighted by Crippen LogP contribution is -2.41. The maximum Gasteiger partial charge on any atom is 0.319 e. The molecule has 0 aliphatic carbocycles. The van der Waals surface area contributed by atoms with Gasteiger partial charge in [-0.1, -0.05) is 26.0 Å². The van der Waals surface area contributed by atoms with Crippen LogP contribution in [0.25, 0.3) is 6.08 Å². The minimum Gasteiger partial charge on any atom is -0.504 e. The van der Waals surface area contributed by atoms with E-state index in [-0.39, 0.29) is 37.5 Å². The van der Waals surface area contributed by atoms with Crippen molar-refractivity contribution >= 4 is 41.4 Å². The number of allylic oxidation sites excluding steroid dienone is 1. The molecule has 0 heterocycles. The number of aliphatic hydroxyl groups is 1. The van der Waals surface area contributed by atoms with E-state index in [4.69, 9.17) is 19.4 Å². The van der Waals surface area contributed by atoms with Gasteiger partial charge in [0.15, 0.2) is 17.3 Å². The molecular formula is C34H46N4O10. The molecule has 0 aliphatic heterocycles. The Labute approximate surface area is 280 Å². The largest absolute Gasteiger partial charge is 0.504 e. The lowest BCUT2D eigenvalue weighted by Gasteiger charge is -2.32. The van der Waals surface area contributed by atoms with Crippen molar-refractivity contribution in [3.63, 3.8) is 0 Å². The van der Waals surface area contributed by atoms with Gasteiger partial charge in [0, 0.05) is 30.1 Å². The Bertz CT molecular complexity index is 1450. The lowest BCUT2D eigenvalue weighted by molar-refractivity contribution is -0.176. The number of aromatic hydroxyl groups is 1. The third kappa shape index (κ3) is 11.7. The molecule has 14 heteroatoms. The Kier molecular flexibility index (Phi) is 15.5. The molecule has 14 nitrogen and oxygen atoms in total. The van der Waals surface area contributed by atoms with Crippen molar-refractivity contribution in [2.45, 2.75) is 40.0 Å². The Morgan fingerprint density at radius 3 is 2.33 bits per heavy atom. The highest BCUT2D eigenvalue weighted by atomic mass is 16.7. The molecule has 0 spiro atoms. The number of benzene rings is 2. The van der Waals surface area contributed by atoms with Gasteiger partial charge in [-0.25, -0.2) is 9.86 Å². The highest BCUT2D eigenvalue weighted by Crippen LogP contribution is 2.35. The van der Waals surface area contributed by atoms with Crippen LogP contribution in [-0.2, 0) is 24.0 Å². The van der Waals surface area contributed by atoms with Crippen LogP contribution in [0.4, 0.5) is 10.5 Å². The van der Waals surface area contributed by atoms with E-state index in [0.29, 0.717) is 29.0 Å². The topological polar surface area (TPSA) is 193 Å². The lowest BCUT2D eigenvalue weighted by atomic mass is 9.76. The van der Waals surface area contributed by atoms with Gasteiger partial charge in [0.05, 0.1) is 26.2 Å². The molecule has 2 rings (SSSR count). The molecule has 0 radical (unpaired) electrons. The van der Waals surface area contributed by atoms with E-state index in [1.54, 1.807) is 63.2 Å². The Balaban J connectivity index is 1.90. The van der Waals surface area contributed by atoms with Crippen LogP contribution in [0.1, 0.15) is 56.0 Å². The number of rotatable bonds is 18. The second-order valence-corrected chi connectivity index (χ2v) is 11.4. The number of hydrogen-bond donors (Lipinski definition) is 5. The SMILES string of the molecule is CCC(C)(CC(CC(C)C(=O)NCO)C(=O)N(C)OC)C(=O)OCCNC(=O)Nc1ccc(C(=O)/C=C/c2ccc(O)c(OC)c2)cc1. The number of carbonyl (C=O) groups excluding carboxylic acids is 5. The Morgan fingerprint density at radius 1 is 1.04 bits per heavy atom. The number of ether oxygens (including phenoxy) is 2. The number of phenolic OH excluding ortho intramolecular Hbond substituents is 1. The normalized spacial score (nSPS) is 13.5. The number of carbonyl (C=O) groups is 5. The van der Waals surface area contributed by atoms with E-state index in [9.17, 15) is 29.1 Å². The first-order chi connectivity index (χ1) is 22.8. The molecule has 0 fully saturated rings. The summed E-state index contributed by atoms with van der Waals surface area (Å²) >= 11 is 0. The predicted molar refractivity (Wildman–Crippen MR) is 178 cm³/mol. The number of nitrogens with zero attached hydrogens (tertiary/aromatic N) is 1. The molecule has 3 atom stereocenters. The number of aliphatic hydroxyl groups excluding tert-OH is 1. The molecule has 0 saturated heterocycles. The highest BCUT2D eigenvalue weighted by molar-refractivity contribution is 6.07. The van der Waals surface area contributed by atoms with E-state index in [0.717, 1.165) is 5.06 Å². The van der Waals surface area contributed by atoms with Crippen LogP contribution < -0.4 is 20.7 Å². The predicted octanol–water partition coefficient (Wildman–Crippen LogP) is 3.50. The first kappa shape index (κ1) is 39.2. The molecule has 2 aromatic carbocycles. The monoisotopic (exact) mass is 670 g/mol. The fraction of sp³-hybridized carbons (Fsp3) is 0.441. The van der Waals surface area contributed by atoms with Crippen LogP contribution in [0, 0.1) is 17.3 Å². The smallest absolute Gasteiger partial charge is 0.319 e. The number of anilines is 1. The summed E-state index contributed by atoms with van der Waals surface area (Å²) in [7, 11) is 4.21. The van der Waals surface area contributed by atoms with Crippen LogP contribution in [0.3, 0.4) is 0 Å². The molecule has 0 saturated carbocycles. The van der Waals surface area contributed by atoms with Crippen molar-refractivity contribution in [3.05, 3.63) is 59.7 Å². The molecule has 0 aliphatic rings. The van der Waals surface area contributed by atoms with Crippen LogP contribution in [0.5, 0.6) is 11.5 Å². The van der Waals surface area contributed by atoms with Crippen molar-refractivity contribution in [1.82, 2.24) is 15.7 Å². The zero-order valence-electron chi connectivity index (χ0n) is 28.2. The van der Waals surface area contributed by atoms with Gasteiger partial charge in [0.25, 0.3) is 0 Å². The summed E-state index contributed by atoms with van der Waals surface area (Å²) in [6, 6.07) is 10.4. The van der Waals surface area contributed by atoms with Crippen molar-refractivity contribution in [1.29, 1.82) is 0 Å². The summed E-state index contributed by atoms with van der Waals surface area (Å²) in [4.78, 5) is 68.4. The van der Waals surface area contributed by atoms with Gasteiger partial charge in [-0.3, -0.25) is 24.0 Å². The van der Waals surface area contributed by atoms with Gasteiger partial charge in [0.1, 0.15) is 13.3 Å². The molecule has 3 unspecified atom stereocenters. The second kappa shape index (κ2) is 19.0. The highest BCUT2D eigenvalue weighted by Gasteiger charge is 2.40. The van der Waals surface area contributed by atoms with Gasteiger partial charge >= 0.3 is 12.0 Å². The van der Waals surface area contributed by atoms with Gasteiger partial charge < -0.3 is 35.6 Å². The summed E-state index contributed by atoms with van der Waals surface area (Å²) in [6.07, 6.45) is 3.53. The van der Waals surface area contributed by atoms with Gasteiger partial charge in [-0.2, -0.15) is 0 Å². The second-order valence-electron chi connectivity index (χ2n) is 11.4. The number of hydroxylamine groups is 2. The molecule has 0 bridgehead atoms. The van der Waals surface area contributed by atoms with Gasteiger partial charge in [0.2, 0.25) is 11.8 Å². The van der Waals surface area contributed by atoms with Gasteiger partial charge in [-0.15, -0.1) is 0 Å². The first-order valence-corrected chi connectivity index (χ1v) is 15.4. The third-order valence-electron chi connectivity index (χ3n) is 7.92. The van der Waals surface area contributed by atoms with Crippen molar-refractivity contribution in [3.8, 4) is 11.5 Å². The fourth-order valence-corrected chi connectivity index (χ4v) is 4.76. The first-order valence-electron chi connectivity index (χ1n) is 15.4. The summed E-state index contributed by atoms with van der Waals surface area (Å²) in [5.41, 5.74) is 0.429. The number of amides is 4. The zero-order chi connectivity index (χ0) is 35.9. The van der Waals surface area contributed by atoms with Crippen LogP contribution >= 0.6 is 0 Å². The number of methoxy groups -OCH3 is 1. The molecule has 262 valence electrons. The molecule has 0 aromatic heterocycles. The molecule has 5 N–H and O–H groups in total. The minimum absolute atomic E-state index is 0.00543. The maximum absolute atomic E-state index is 13.1. The average Bonchev–Trinajstić information content (AvgIpc) is 3.08. The summed E-state index contributed by atoms with van der Waals surface area (Å²) in [5, 5.41) is 27.3. The molecular weight excluding hydrogens is 624 g/mol. The van der Waals surface area contributed by atoms with Crippen molar-refractivity contribution in [2.75, 3.05) is 46.5 Å². The van der Waals surface area contributed by atoms with Crippen LogP contribution in [-0.4, -0.2) is 86.0 Å². The van der Waals surface area contributed by atoms with E-state index >= 15 is 0 Å². The Hall–Kier alpha value is -4.95. The van der Waals surface area contributed by atoms with E-state index in [2.05, 4.69) is 16.0 Å². The van der Waals surface area contributed by atoms with Crippen molar-refractivity contribution < 1.29 is 48.5 Å². The number of ketones is 1. The molecule has 48 heavy (non-hydrogen) atoms. The molecule has 4 amide bonds. The number of nitrogens with one attached hydrogen (secondary N) is 3. The standard InChI is InChI=1S/C34H46N4O10/c1-7-34(3,20-25(31(43)38(4)47-6)18-22(2)30(42)36-21-39)32(44)48-17-16-35-33(45)37-26-12-10-24(11-13-26)27(40)14-8-23-9-15-28(41)29(19-23)46-5/h8-15,19,22,25,39,41H,7,16-18,20-21H2,1-6H3,(H,36,42)(H2,35,37,45)/b14-8+. The average molecular weight is 671 g/mol. The van der Waals surface area contributed by atoms with Crippen LogP contribution in [0.2, 0.25) is 0 Å². The number of urea groups is 1. The van der Waals surface area contributed by atoms with Crippen molar-refractivity contribution in [2.24, 2.45) is 17.3 Å². The minimum atomic E-state index is -1.07. The third-order valence-corrected chi connectivity index (χ3v) is 7.92. The quantitative estimate of drug-likeness (QED) is 0.0392. The van der Waals surface area contributed by atoms with E-state index in [1.807, 2.05) is 0 Å². The number of esters is 1. The number of hydrogen-bond acceptors (Lipinski definition) is 10. The van der Waals surface area contributed by atoms with E-state index in [1.165, 1.54) is 33.4 Å². The zero-order valence-corrected chi connectivity index (χ0v) is 28.2. The maximum atomic E-state index is 13.1. The summed E-state index contributed by atoms with van der Waals surface area (Å²) in [5.74, 6) is -2.74. The summed E-state index contributed by atoms with van der Waals surface area (Å²) < 4.78 is 10.5. The van der Waals surface area contributed by atoms with Crippen LogP contribution in [0.15, 0.2) is 48.5 Å².